The van der Waals surface area contributed by atoms with Crippen molar-refractivity contribution in [2.24, 2.45) is 0 Å². The molecule has 128 valence electrons. The molecule has 1 heterocycles. The van der Waals surface area contributed by atoms with E-state index in [9.17, 15) is 4.79 Å². The first-order valence-corrected chi connectivity index (χ1v) is 7.62. The summed E-state index contributed by atoms with van der Waals surface area (Å²) in [5.74, 6) is 0.756. The minimum absolute atomic E-state index is 0. The van der Waals surface area contributed by atoms with Crippen LogP contribution in [0.2, 0.25) is 0 Å². The molecule has 0 aliphatic carbocycles. The van der Waals surface area contributed by atoms with Gasteiger partial charge < -0.3 is 20.1 Å². The second-order valence-electron chi connectivity index (χ2n) is 5.40. The Kier molecular flexibility index (Phi) is 5.93. The van der Waals surface area contributed by atoms with Crippen LogP contribution in [0.25, 0.3) is 0 Å². The molecule has 1 aliphatic heterocycles. The zero-order valence-electron chi connectivity index (χ0n) is 13.7. The number of anilines is 2. The Morgan fingerprint density at radius 2 is 2.00 bits per heavy atom. The first-order valence-electron chi connectivity index (χ1n) is 7.62. The predicted molar refractivity (Wildman–Crippen MR) is 98.0 cm³/mol. The highest BCUT2D eigenvalue weighted by atomic mass is 35.5. The number of rotatable bonds is 4. The maximum absolute atomic E-state index is 12.6. The zero-order valence-corrected chi connectivity index (χ0v) is 14.5. The van der Waals surface area contributed by atoms with Crippen molar-refractivity contribution in [1.82, 2.24) is 0 Å². The summed E-state index contributed by atoms with van der Waals surface area (Å²) < 4.78 is 10.6. The topological polar surface area (TPSA) is 59.6 Å². The van der Waals surface area contributed by atoms with Gasteiger partial charge in [0.05, 0.1) is 19.8 Å². The summed E-state index contributed by atoms with van der Waals surface area (Å²) in [5.41, 5.74) is 3.60. The van der Waals surface area contributed by atoms with Gasteiger partial charge in [-0.2, -0.15) is 0 Å². The van der Waals surface area contributed by atoms with Gasteiger partial charge in [0.2, 0.25) is 0 Å². The van der Waals surface area contributed by atoms with E-state index in [4.69, 9.17) is 9.47 Å². The van der Waals surface area contributed by atoms with E-state index in [1.807, 2.05) is 18.2 Å². The van der Waals surface area contributed by atoms with E-state index in [0.29, 0.717) is 17.1 Å². The monoisotopic (exact) mass is 348 g/mol. The van der Waals surface area contributed by atoms with Gasteiger partial charge in [-0.05, 0) is 48.7 Å². The predicted octanol–water partition coefficient (Wildman–Crippen LogP) is 3.74. The third-order valence-electron chi connectivity index (χ3n) is 3.95. The lowest BCUT2D eigenvalue weighted by molar-refractivity contribution is 0.102. The van der Waals surface area contributed by atoms with Crippen molar-refractivity contribution in [2.45, 2.75) is 12.8 Å². The Morgan fingerprint density at radius 3 is 2.75 bits per heavy atom. The number of amides is 1. The van der Waals surface area contributed by atoms with Crippen LogP contribution >= 0.6 is 12.4 Å². The summed E-state index contributed by atoms with van der Waals surface area (Å²) in [4.78, 5) is 12.6. The number of aryl methyl sites for hydroxylation is 1. The number of fused-ring (bicyclic) bond motifs is 1. The van der Waals surface area contributed by atoms with E-state index in [0.717, 1.165) is 30.8 Å². The number of halogens is 1. The molecule has 0 aromatic heterocycles. The molecule has 0 saturated carbocycles. The molecule has 2 aromatic carbocycles. The Morgan fingerprint density at radius 1 is 1.17 bits per heavy atom. The summed E-state index contributed by atoms with van der Waals surface area (Å²) in [5, 5.41) is 6.29. The first kappa shape index (κ1) is 17.9. The van der Waals surface area contributed by atoms with Crippen molar-refractivity contribution in [2.75, 3.05) is 31.4 Å². The van der Waals surface area contributed by atoms with Crippen molar-refractivity contribution in [3.8, 4) is 11.5 Å². The van der Waals surface area contributed by atoms with Gasteiger partial charge in [0.15, 0.2) is 11.5 Å². The fourth-order valence-corrected chi connectivity index (χ4v) is 2.82. The van der Waals surface area contributed by atoms with Gasteiger partial charge >= 0.3 is 0 Å². The van der Waals surface area contributed by atoms with Crippen molar-refractivity contribution in [3.05, 3.63) is 47.5 Å². The average Bonchev–Trinajstić information content (AvgIpc) is 2.60. The van der Waals surface area contributed by atoms with Crippen LogP contribution in [0.4, 0.5) is 11.4 Å². The van der Waals surface area contributed by atoms with Crippen molar-refractivity contribution in [3.63, 3.8) is 0 Å². The third kappa shape index (κ3) is 3.57. The molecule has 0 fully saturated rings. The number of nitrogens with one attached hydrogen (secondary N) is 2. The number of para-hydroxylation sites is 1. The Bertz CT molecular complexity index is 734. The number of methoxy groups -OCH3 is 2. The molecule has 1 aliphatic rings. The summed E-state index contributed by atoms with van der Waals surface area (Å²) in [6.45, 7) is 1.000. The number of benzene rings is 2. The standard InChI is InChI=1S/C18H20N2O3.ClH/c1-22-16-7-3-6-14(17(16)23-2)18(21)20-13-8-9-15-12(11-13)5-4-10-19-15;/h3,6-9,11,19H,4-5,10H2,1-2H3,(H,20,21);1H. The van der Waals surface area contributed by atoms with Crippen LogP contribution in [-0.4, -0.2) is 26.7 Å². The highest BCUT2D eigenvalue weighted by molar-refractivity contribution is 6.06. The Balaban J connectivity index is 0.00000208. The minimum Gasteiger partial charge on any atom is -0.493 e. The quantitative estimate of drug-likeness (QED) is 0.883. The maximum atomic E-state index is 12.6. The van der Waals surface area contributed by atoms with Crippen LogP contribution in [-0.2, 0) is 6.42 Å². The van der Waals surface area contributed by atoms with Gasteiger partial charge in [0.1, 0.15) is 0 Å². The lowest BCUT2D eigenvalue weighted by Crippen LogP contribution is -2.15. The van der Waals surface area contributed by atoms with Crippen molar-refractivity contribution in [1.29, 1.82) is 0 Å². The van der Waals surface area contributed by atoms with Crippen LogP contribution in [0.5, 0.6) is 11.5 Å². The first-order chi connectivity index (χ1) is 11.2. The lowest BCUT2D eigenvalue weighted by atomic mass is 10.0. The normalized spacial score (nSPS) is 12.2. The number of hydrogen-bond donors (Lipinski definition) is 2. The van der Waals surface area contributed by atoms with E-state index >= 15 is 0 Å². The average molecular weight is 349 g/mol. The van der Waals surface area contributed by atoms with Crippen LogP contribution in [0, 0.1) is 0 Å². The molecular formula is C18H21ClN2O3. The highest BCUT2D eigenvalue weighted by Gasteiger charge is 2.17. The SMILES string of the molecule is COc1cccc(C(=O)Nc2ccc3c(c2)CCCN3)c1OC.Cl. The van der Waals surface area contributed by atoms with Gasteiger partial charge in [-0.15, -0.1) is 12.4 Å². The summed E-state index contributed by atoms with van der Waals surface area (Å²) >= 11 is 0. The maximum Gasteiger partial charge on any atom is 0.259 e. The summed E-state index contributed by atoms with van der Waals surface area (Å²) in [7, 11) is 3.08. The van der Waals surface area contributed by atoms with E-state index in [-0.39, 0.29) is 18.3 Å². The number of hydrogen-bond acceptors (Lipinski definition) is 4. The van der Waals surface area contributed by atoms with Crippen LogP contribution < -0.4 is 20.1 Å². The number of carbonyl (C=O) groups excluding carboxylic acids is 1. The van der Waals surface area contributed by atoms with Gasteiger partial charge in [0, 0.05) is 17.9 Å². The van der Waals surface area contributed by atoms with Gasteiger partial charge in [-0.1, -0.05) is 6.07 Å². The second-order valence-corrected chi connectivity index (χ2v) is 5.40. The van der Waals surface area contributed by atoms with Crippen LogP contribution in [0.3, 0.4) is 0 Å². The number of carbonyl (C=O) groups is 1. The molecule has 0 bridgehead atoms. The Hall–Kier alpha value is -2.40. The molecular weight excluding hydrogens is 328 g/mol. The van der Waals surface area contributed by atoms with E-state index in [2.05, 4.69) is 10.6 Å². The van der Waals surface area contributed by atoms with Crippen LogP contribution in [0.15, 0.2) is 36.4 Å². The zero-order chi connectivity index (χ0) is 16.2. The van der Waals surface area contributed by atoms with E-state index in [1.54, 1.807) is 25.3 Å². The molecule has 0 saturated heterocycles. The highest BCUT2D eigenvalue weighted by Crippen LogP contribution is 2.31. The molecule has 0 atom stereocenters. The third-order valence-corrected chi connectivity index (χ3v) is 3.95. The number of ether oxygens (including phenoxy) is 2. The molecule has 2 aromatic rings. The molecule has 2 N–H and O–H groups in total. The molecule has 0 radical (unpaired) electrons. The summed E-state index contributed by atoms with van der Waals surface area (Å²) in [6, 6.07) is 11.2. The summed E-state index contributed by atoms with van der Waals surface area (Å²) in [6.07, 6.45) is 2.13. The molecule has 5 nitrogen and oxygen atoms in total. The fourth-order valence-electron chi connectivity index (χ4n) is 2.82. The Labute approximate surface area is 147 Å². The smallest absolute Gasteiger partial charge is 0.259 e. The van der Waals surface area contributed by atoms with Crippen LogP contribution in [0.1, 0.15) is 22.3 Å². The molecule has 3 rings (SSSR count). The van der Waals surface area contributed by atoms with Gasteiger partial charge in [-0.3, -0.25) is 4.79 Å². The van der Waals surface area contributed by atoms with Crippen molar-refractivity contribution < 1.29 is 14.3 Å². The van der Waals surface area contributed by atoms with E-state index < -0.39 is 0 Å². The molecule has 6 heteroatoms. The van der Waals surface area contributed by atoms with Gasteiger partial charge in [-0.25, -0.2) is 0 Å². The molecule has 1 amide bonds. The second kappa shape index (κ2) is 7.93. The molecule has 0 spiro atoms. The van der Waals surface area contributed by atoms with Gasteiger partial charge in [0.25, 0.3) is 5.91 Å². The lowest BCUT2D eigenvalue weighted by Gasteiger charge is -2.19. The van der Waals surface area contributed by atoms with E-state index in [1.165, 1.54) is 12.7 Å². The molecule has 24 heavy (non-hydrogen) atoms. The van der Waals surface area contributed by atoms with Crippen molar-refractivity contribution >= 4 is 29.7 Å². The fraction of sp³-hybridized carbons (Fsp3) is 0.278. The largest absolute Gasteiger partial charge is 0.493 e. The minimum atomic E-state index is -0.218. The molecule has 0 unspecified atom stereocenters.